The number of carbonyl (C=O) groups is 1. The Balaban J connectivity index is 1.51. The fourth-order valence-electron chi connectivity index (χ4n) is 3.69. The predicted molar refractivity (Wildman–Crippen MR) is 121 cm³/mol. The molecular formula is C24H20ClF3N4O. The Bertz CT molecular complexity index is 1330. The lowest BCUT2D eigenvalue weighted by molar-refractivity contribution is -0.137. The van der Waals surface area contributed by atoms with E-state index in [4.69, 9.17) is 11.6 Å². The number of carbonyl (C=O) groups excluding carboxylic acids is 1. The number of hydrogen-bond acceptors (Lipinski definition) is 3. The van der Waals surface area contributed by atoms with Crippen molar-refractivity contribution < 1.29 is 18.0 Å². The van der Waals surface area contributed by atoms with Crippen LogP contribution in [0.3, 0.4) is 0 Å². The Morgan fingerprint density at radius 2 is 1.82 bits per heavy atom. The maximum Gasteiger partial charge on any atom is 0.416 e. The molecule has 0 unspecified atom stereocenters. The number of nitrogens with zero attached hydrogens (tertiary/aromatic N) is 3. The number of alkyl halides is 3. The van der Waals surface area contributed by atoms with E-state index < -0.39 is 11.7 Å². The zero-order valence-electron chi connectivity index (χ0n) is 17.9. The Hall–Kier alpha value is -3.39. The highest BCUT2D eigenvalue weighted by molar-refractivity contribution is 6.30. The van der Waals surface area contributed by atoms with Crippen LogP contribution in [-0.4, -0.2) is 20.5 Å². The molecule has 0 saturated heterocycles. The normalized spacial score (nSPS) is 11.7. The van der Waals surface area contributed by atoms with Gasteiger partial charge in [-0.05, 0) is 56.2 Å². The molecule has 5 nitrogen and oxygen atoms in total. The quantitative estimate of drug-likeness (QED) is 0.373. The number of benzene rings is 2. The van der Waals surface area contributed by atoms with Crippen LogP contribution < -0.4 is 5.32 Å². The SMILES string of the molecule is Cc1nc2cc(-c3ccc(Cl)cc3)nn2c(C)c1CCC(=O)Nc1cccc(C(F)(F)F)c1. The van der Waals surface area contributed by atoms with Crippen molar-refractivity contribution in [2.24, 2.45) is 0 Å². The summed E-state index contributed by atoms with van der Waals surface area (Å²) in [7, 11) is 0. The second kappa shape index (κ2) is 8.86. The highest BCUT2D eigenvalue weighted by atomic mass is 35.5. The zero-order chi connectivity index (χ0) is 23.8. The lowest BCUT2D eigenvalue weighted by Gasteiger charge is -2.12. The van der Waals surface area contributed by atoms with Gasteiger partial charge >= 0.3 is 6.18 Å². The monoisotopic (exact) mass is 472 g/mol. The van der Waals surface area contributed by atoms with Crippen LogP contribution in [0, 0.1) is 13.8 Å². The smallest absolute Gasteiger partial charge is 0.326 e. The van der Waals surface area contributed by atoms with Crippen molar-refractivity contribution in [1.82, 2.24) is 14.6 Å². The van der Waals surface area contributed by atoms with Crippen LogP contribution in [-0.2, 0) is 17.4 Å². The minimum Gasteiger partial charge on any atom is -0.326 e. The van der Waals surface area contributed by atoms with E-state index in [1.807, 2.05) is 32.0 Å². The minimum absolute atomic E-state index is 0.0937. The molecule has 0 fully saturated rings. The average Bonchev–Trinajstić information content (AvgIpc) is 3.18. The Morgan fingerprint density at radius 1 is 1.09 bits per heavy atom. The fourth-order valence-corrected chi connectivity index (χ4v) is 3.81. The highest BCUT2D eigenvalue weighted by Crippen LogP contribution is 2.31. The van der Waals surface area contributed by atoms with E-state index in [2.05, 4.69) is 15.4 Å². The van der Waals surface area contributed by atoms with E-state index in [1.165, 1.54) is 12.1 Å². The lowest BCUT2D eigenvalue weighted by atomic mass is 10.1. The molecule has 0 bridgehead atoms. The molecule has 0 saturated carbocycles. The second-order valence-electron chi connectivity index (χ2n) is 7.69. The van der Waals surface area contributed by atoms with Gasteiger partial charge in [-0.3, -0.25) is 4.79 Å². The summed E-state index contributed by atoms with van der Waals surface area (Å²) >= 11 is 5.96. The molecule has 1 amide bonds. The van der Waals surface area contributed by atoms with Gasteiger partial charge in [0.2, 0.25) is 5.91 Å². The van der Waals surface area contributed by atoms with E-state index in [9.17, 15) is 18.0 Å². The van der Waals surface area contributed by atoms with Crippen LogP contribution in [0.15, 0.2) is 54.6 Å². The molecule has 2 heterocycles. The summed E-state index contributed by atoms with van der Waals surface area (Å²) in [5.41, 5.74) is 4.14. The van der Waals surface area contributed by atoms with Gasteiger partial charge in [-0.15, -0.1) is 0 Å². The van der Waals surface area contributed by atoms with Crippen molar-refractivity contribution in [1.29, 1.82) is 0 Å². The number of aryl methyl sites for hydroxylation is 2. The molecule has 0 atom stereocenters. The summed E-state index contributed by atoms with van der Waals surface area (Å²) in [4.78, 5) is 17.0. The van der Waals surface area contributed by atoms with Crippen LogP contribution in [0.4, 0.5) is 18.9 Å². The summed E-state index contributed by atoms with van der Waals surface area (Å²) < 4.78 is 40.4. The molecule has 0 aliphatic heterocycles. The van der Waals surface area contributed by atoms with Gasteiger partial charge in [0, 0.05) is 40.1 Å². The van der Waals surface area contributed by atoms with Gasteiger partial charge in [-0.2, -0.15) is 18.3 Å². The fraction of sp³-hybridized carbons (Fsp3) is 0.208. The number of amides is 1. The first kappa shape index (κ1) is 22.8. The van der Waals surface area contributed by atoms with E-state index in [-0.39, 0.29) is 18.0 Å². The standard InChI is InChI=1S/C24H20ClF3N4O/c1-14-20(10-11-23(33)30-19-5-3-4-17(12-19)24(26,27)28)15(2)32-22(29-14)13-21(31-32)16-6-8-18(25)9-7-16/h3-9,12-13H,10-11H2,1-2H3,(H,30,33). The van der Waals surface area contributed by atoms with Gasteiger partial charge < -0.3 is 5.32 Å². The zero-order valence-corrected chi connectivity index (χ0v) is 18.6. The molecule has 0 spiro atoms. The Kier molecular flexibility index (Phi) is 6.12. The van der Waals surface area contributed by atoms with Crippen molar-refractivity contribution in [3.8, 4) is 11.3 Å². The van der Waals surface area contributed by atoms with Crippen molar-refractivity contribution in [2.75, 3.05) is 5.32 Å². The van der Waals surface area contributed by atoms with Gasteiger partial charge in [0.1, 0.15) is 0 Å². The molecule has 170 valence electrons. The Labute approximate surface area is 193 Å². The van der Waals surface area contributed by atoms with Gasteiger partial charge in [-0.25, -0.2) is 9.50 Å². The minimum atomic E-state index is -4.47. The number of hydrogen-bond donors (Lipinski definition) is 1. The molecule has 4 aromatic rings. The summed E-state index contributed by atoms with van der Waals surface area (Å²) in [5.74, 6) is -0.379. The number of rotatable bonds is 5. The molecule has 1 N–H and O–H groups in total. The molecule has 4 rings (SSSR count). The highest BCUT2D eigenvalue weighted by Gasteiger charge is 2.30. The Morgan fingerprint density at radius 3 is 2.52 bits per heavy atom. The topological polar surface area (TPSA) is 59.3 Å². The summed E-state index contributed by atoms with van der Waals surface area (Å²) in [5, 5.41) is 7.82. The van der Waals surface area contributed by atoms with Crippen LogP contribution in [0.5, 0.6) is 0 Å². The van der Waals surface area contributed by atoms with Crippen LogP contribution in [0.2, 0.25) is 5.02 Å². The molecular weight excluding hydrogens is 453 g/mol. The van der Waals surface area contributed by atoms with Gasteiger partial charge in [-0.1, -0.05) is 29.8 Å². The number of fused-ring (bicyclic) bond motifs is 1. The maximum absolute atomic E-state index is 12.9. The first-order valence-electron chi connectivity index (χ1n) is 10.2. The number of halogens is 4. The summed E-state index contributed by atoms with van der Waals surface area (Å²) in [6, 6.07) is 13.8. The molecule has 0 aliphatic carbocycles. The van der Waals surface area contributed by atoms with Gasteiger partial charge in [0.25, 0.3) is 0 Å². The molecule has 0 aliphatic rings. The largest absolute Gasteiger partial charge is 0.416 e. The van der Waals surface area contributed by atoms with E-state index >= 15 is 0 Å². The lowest BCUT2D eigenvalue weighted by Crippen LogP contribution is -2.15. The second-order valence-corrected chi connectivity index (χ2v) is 8.13. The van der Waals surface area contributed by atoms with E-state index in [1.54, 1.807) is 16.6 Å². The molecule has 33 heavy (non-hydrogen) atoms. The maximum atomic E-state index is 12.9. The first-order chi connectivity index (χ1) is 15.6. The van der Waals surface area contributed by atoms with Gasteiger partial charge in [0.15, 0.2) is 5.65 Å². The number of nitrogens with one attached hydrogen (secondary N) is 1. The predicted octanol–water partition coefficient (Wildman–Crippen LogP) is 6.26. The molecule has 2 aromatic heterocycles. The summed E-state index contributed by atoms with van der Waals surface area (Å²) in [6.45, 7) is 3.77. The van der Waals surface area contributed by atoms with Crippen molar-refractivity contribution in [3.05, 3.63) is 82.1 Å². The van der Waals surface area contributed by atoms with Crippen LogP contribution in [0.25, 0.3) is 16.9 Å². The average molecular weight is 473 g/mol. The van der Waals surface area contributed by atoms with Crippen LogP contribution in [0.1, 0.15) is 28.9 Å². The van der Waals surface area contributed by atoms with Crippen molar-refractivity contribution in [2.45, 2.75) is 32.9 Å². The number of anilines is 1. The molecule has 2 aromatic carbocycles. The van der Waals surface area contributed by atoms with E-state index in [0.717, 1.165) is 40.3 Å². The molecule has 9 heteroatoms. The third kappa shape index (κ3) is 5.01. The van der Waals surface area contributed by atoms with E-state index in [0.29, 0.717) is 17.1 Å². The van der Waals surface area contributed by atoms with Gasteiger partial charge in [0.05, 0.1) is 11.3 Å². The number of aromatic nitrogens is 3. The third-order valence-corrected chi connectivity index (χ3v) is 5.63. The third-order valence-electron chi connectivity index (χ3n) is 5.38. The van der Waals surface area contributed by atoms with Crippen molar-refractivity contribution in [3.63, 3.8) is 0 Å². The summed E-state index contributed by atoms with van der Waals surface area (Å²) in [6.07, 6.45) is -4.00. The molecule has 0 radical (unpaired) electrons. The first-order valence-corrected chi connectivity index (χ1v) is 10.6. The van der Waals surface area contributed by atoms with Crippen molar-refractivity contribution >= 4 is 28.8 Å². The van der Waals surface area contributed by atoms with Crippen LogP contribution >= 0.6 is 11.6 Å².